The van der Waals surface area contributed by atoms with Gasteiger partial charge in [-0.25, -0.2) is 0 Å². The first-order valence-corrected chi connectivity index (χ1v) is 10.9. The molecule has 1 aliphatic rings. The fourth-order valence-electron chi connectivity index (χ4n) is 3.83. The van der Waals surface area contributed by atoms with Crippen LogP contribution in [0.2, 0.25) is 0 Å². The zero-order valence-electron chi connectivity index (χ0n) is 17.7. The van der Waals surface area contributed by atoms with Gasteiger partial charge >= 0.3 is 5.97 Å². The molecule has 2 atom stereocenters. The summed E-state index contributed by atoms with van der Waals surface area (Å²) in [6.07, 6.45) is 17.2. The first kappa shape index (κ1) is 23.4. The Morgan fingerprint density at radius 3 is 1.92 bits per heavy atom. The van der Waals surface area contributed by atoms with Gasteiger partial charge in [-0.05, 0) is 20.3 Å². The van der Waals surface area contributed by atoms with Crippen LogP contribution in [0.25, 0.3) is 0 Å². The Hall–Kier alpha value is -0.610. The van der Waals surface area contributed by atoms with Crippen LogP contribution in [0.15, 0.2) is 0 Å². The highest BCUT2D eigenvalue weighted by Gasteiger charge is 2.36. The van der Waals surface area contributed by atoms with Crippen molar-refractivity contribution in [2.24, 2.45) is 0 Å². The van der Waals surface area contributed by atoms with Crippen molar-refractivity contribution in [3.05, 3.63) is 0 Å². The summed E-state index contributed by atoms with van der Waals surface area (Å²) in [5, 5.41) is 0. The largest absolute Gasteiger partial charge is 0.469 e. The second-order valence-electron chi connectivity index (χ2n) is 8.22. The third-order valence-electron chi connectivity index (χ3n) is 5.18. The number of carbonyl (C=O) groups is 1. The number of hydrogen-bond donors (Lipinski definition) is 0. The summed E-state index contributed by atoms with van der Waals surface area (Å²) in [7, 11) is 1.43. The highest BCUT2D eigenvalue weighted by molar-refractivity contribution is 5.69. The Kier molecular flexibility index (Phi) is 12.2. The molecule has 0 N–H and O–H groups in total. The first-order chi connectivity index (χ1) is 12.5. The van der Waals surface area contributed by atoms with Crippen molar-refractivity contribution in [1.82, 2.24) is 0 Å². The predicted octanol–water partition coefficient (Wildman–Crippen LogP) is 6.16. The molecule has 0 aliphatic carbocycles. The Morgan fingerprint density at radius 2 is 1.38 bits per heavy atom. The van der Waals surface area contributed by atoms with Crippen LogP contribution in [0.1, 0.15) is 111 Å². The van der Waals surface area contributed by atoms with Crippen molar-refractivity contribution in [2.75, 3.05) is 7.11 Å². The van der Waals surface area contributed by atoms with Gasteiger partial charge in [-0.2, -0.15) is 0 Å². The van der Waals surface area contributed by atoms with Gasteiger partial charge in [-0.15, -0.1) is 0 Å². The highest BCUT2D eigenvalue weighted by Crippen LogP contribution is 2.31. The normalized spacial score (nSPS) is 22.3. The molecular weight excluding hydrogens is 328 g/mol. The summed E-state index contributed by atoms with van der Waals surface area (Å²) < 4.78 is 16.7. The third kappa shape index (κ3) is 11.2. The molecule has 0 aromatic rings. The number of methoxy groups -OCH3 is 1. The van der Waals surface area contributed by atoms with Crippen LogP contribution in [-0.4, -0.2) is 31.1 Å². The van der Waals surface area contributed by atoms with E-state index < -0.39 is 5.79 Å². The summed E-state index contributed by atoms with van der Waals surface area (Å²) in [6, 6.07) is 0. The number of carbonyl (C=O) groups excluding carboxylic acids is 1. The second kappa shape index (κ2) is 13.5. The lowest BCUT2D eigenvalue weighted by atomic mass is 9.99. The minimum Gasteiger partial charge on any atom is -0.469 e. The van der Waals surface area contributed by atoms with Crippen molar-refractivity contribution >= 4 is 5.97 Å². The number of rotatable bonds is 14. The maximum Gasteiger partial charge on any atom is 0.308 e. The molecular formula is C22H42O4. The highest BCUT2D eigenvalue weighted by atomic mass is 16.7. The van der Waals surface area contributed by atoms with E-state index in [-0.39, 0.29) is 18.2 Å². The van der Waals surface area contributed by atoms with Crippen LogP contribution in [0, 0.1) is 0 Å². The molecule has 154 valence electrons. The molecule has 1 aliphatic heterocycles. The fourth-order valence-corrected chi connectivity index (χ4v) is 3.83. The molecule has 1 saturated heterocycles. The van der Waals surface area contributed by atoms with Crippen LogP contribution in [0.4, 0.5) is 0 Å². The van der Waals surface area contributed by atoms with Gasteiger partial charge in [0.05, 0.1) is 25.7 Å². The fraction of sp³-hybridized carbons (Fsp3) is 0.955. The zero-order valence-corrected chi connectivity index (χ0v) is 17.7. The van der Waals surface area contributed by atoms with Gasteiger partial charge in [0.15, 0.2) is 5.79 Å². The monoisotopic (exact) mass is 370 g/mol. The molecule has 0 saturated carbocycles. The van der Waals surface area contributed by atoms with Gasteiger partial charge in [0.25, 0.3) is 0 Å². The molecule has 0 aromatic carbocycles. The van der Waals surface area contributed by atoms with Crippen LogP contribution in [0.3, 0.4) is 0 Å². The standard InChI is InChI=1S/C22H42O4/c1-5-6-7-8-9-10-11-12-13-14-15-16-19-17-20(18-21(23)24-4)26-22(2,3)25-19/h19-20H,5-18H2,1-4H3/t19-,20-/m1/s1. The van der Waals surface area contributed by atoms with Gasteiger partial charge in [0.1, 0.15) is 0 Å². The van der Waals surface area contributed by atoms with Gasteiger partial charge in [0, 0.05) is 6.42 Å². The van der Waals surface area contributed by atoms with Gasteiger partial charge < -0.3 is 14.2 Å². The summed E-state index contributed by atoms with van der Waals surface area (Å²) in [5.41, 5.74) is 0. The Bertz CT molecular complexity index is 367. The summed E-state index contributed by atoms with van der Waals surface area (Å²) in [6.45, 7) is 6.14. The van der Waals surface area contributed by atoms with Gasteiger partial charge in [-0.3, -0.25) is 4.79 Å². The smallest absolute Gasteiger partial charge is 0.308 e. The molecule has 1 heterocycles. The van der Waals surface area contributed by atoms with Crippen molar-refractivity contribution < 1.29 is 19.0 Å². The lowest BCUT2D eigenvalue weighted by Crippen LogP contribution is -2.45. The number of unbranched alkanes of at least 4 members (excludes halogenated alkanes) is 10. The molecule has 1 rings (SSSR count). The first-order valence-electron chi connectivity index (χ1n) is 10.9. The van der Waals surface area contributed by atoms with Crippen molar-refractivity contribution in [2.45, 2.75) is 129 Å². The zero-order chi connectivity index (χ0) is 19.3. The van der Waals surface area contributed by atoms with E-state index in [2.05, 4.69) is 6.92 Å². The van der Waals surface area contributed by atoms with E-state index in [0.29, 0.717) is 6.42 Å². The molecule has 4 nitrogen and oxygen atoms in total. The molecule has 4 heteroatoms. The third-order valence-corrected chi connectivity index (χ3v) is 5.18. The molecule has 0 bridgehead atoms. The molecule has 0 amide bonds. The predicted molar refractivity (Wildman–Crippen MR) is 106 cm³/mol. The SMILES string of the molecule is CCCCCCCCCCCCC[C@@H]1C[C@H](CC(=O)OC)OC(C)(C)O1. The average molecular weight is 371 g/mol. The van der Waals surface area contributed by atoms with Crippen molar-refractivity contribution in [1.29, 1.82) is 0 Å². The van der Waals surface area contributed by atoms with E-state index in [1.807, 2.05) is 13.8 Å². The minimum atomic E-state index is -0.612. The van der Waals surface area contributed by atoms with Gasteiger partial charge in [0.2, 0.25) is 0 Å². The lowest BCUT2D eigenvalue weighted by molar-refractivity contribution is -0.300. The number of hydrogen-bond acceptors (Lipinski definition) is 4. The maximum absolute atomic E-state index is 11.5. The van der Waals surface area contributed by atoms with E-state index in [1.54, 1.807) is 0 Å². The van der Waals surface area contributed by atoms with Crippen LogP contribution in [-0.2, 0) is 19.0 Å². The molecule has 0 aromatic heterocycles. The summed E-state index contributed by atoms with van der Waals surface area (Å²) >= 11 is 0. The van der Waals surface area contributed by atoms with E-state index in [4.69, 9.17) is 14.2 Å². The molecule has 0 unspecified atom stereocenters. The van der Waals surface area contributed by atoms with Crippen LogP contribution >= 0.6 is 0 Å². The van der Waals surface area contributed by atoms with E-state index in [0.717, 1.165) is 12.8 Å². The minimum absolute atomic E-state index is 0.0936. The summed E-state index contributed by atoms with van der Waals surface area (Å²) in [4.78, 5) is 11.5. The molecule has 0 radical (unpaired) electrons. The summed E-state index contributed by atoms with van der Waals surface area (Å²) in [5.74, 6) is -0.819. The van der Waals surface area contributed by atoms with Crippen LogP contribution in [0.5, 0.6) is 0 Å². The van der Waals surface area contributed by atoms with Crippen molar-refractivity contribution in [3.63, 3.8) is 0 Å². The molecule has 26 heavy (non-hydrogen) atoms. The second-order valence-corrected chi connectivity index (χ2v) is 8.22. The van der Waals surface area contributed by atoms with Crippen molar-refractivity contribution in [3.8, 4) is 0 Å². The number of esters is 1. The lowest BCUT2D eigenvalue weighted by Gasteiger charge is -2.40. The maximum atomic E-state index is 11.5. The molecule has 1 fully saturated rings. The molecule has 0 spiro atoms. The van der Waals surface area contributed by atoms with Gasteiger partial charge in [-0.1, -0.05) is 77.6 Å². The van der Waals surface area contributed by atoms with Crippen LogP contribution < -0.4 is 0 Å². The topological polar surface area (TPSA) is 44.8 Å². The average Bonchev–Trinajstić information content (AvgIpc) is 2.58. The quantitative estimate of drug-likeness (QED) is 0.271. The Balaban J connectivity index is 2.07. The van der Waals surface area contributed by atoms with E-state index in [1.165, 1.54) is 77.7 Å². The Labute approximate surface area is 161 Å². The number of ether oxygens (including phenoxy) is 3. The van der Waals surface area contributed by atoms with E-state index in [9.17, 15) is 4.79 Å². The Morgan fingerprint density at radius 1 is 0.885 bits per heavy atom. The van der Waals surface area contributed by atoms with E-state index >= 15 is 0 Å².